The number of nitrogens with zero attached hydrogens (tertiary/aromatic N) is 1. The Labute approximate surface area is 121 Å². The Balaban J connectivity index is 1.91. The average molecular weight is 297 g/mol. The molecule has 0 unspecified atom stereocenters. The van der Waals surface area contributed by atoms with Crippen LogP contribution in [-0.2, 0) is 9.59 Å². The van der Waals surface area contributed by atoms with Gasteiger partial charge in [0, 0.05) is 12.6 Å². The molecule has 1 aliphatic rings. The molecule has 2 amide bonds. The predicted octanol–water partition coefficient (Wildman–Crippen LogP) is 1.10. The third kappa shape index (κ3) is 4.22. The first kappa shape index (κ1) is 15.4. The molecular weight excluding hydrogens is 280 g/mol. The van der Waals surface area contributed by atoms with Crippen LogP contribution < -0.4 is 11.1 Å². The Morgan fingerprint density at radius 3 is 2.81 bits per heavy atom. The molecule has 0 spiro atoms. The number of piperidine rings is 1. The summed E-state index contributed by atoms with van der Waals surface area (Å²) in [6.07, 6.45) is 1.51. The molecule has 0 aliphatic carbocycles. The molecular formula is C14H17F2N3O2. The Hall–Kier alpha value is -2.02. The third-order valence-electron chi connectivity index (χ3n) is 3.48. The molecule has 0 saturated carbocycles. The summed E-state index contributed by atoms with van der Waals surface area (Å²) in [5, 5.41) is 2.39. The lowest BCUT2D eigenvalue weighted by atomic mass is 9.97. The number of anilines is 1. The fourth-order valence-corrected chi connectivity index (χ4v) is 2.42. The molecule has 1 heterocycles. The van der Waals surface area contributed by atoms with Gasteiger partial charge in [-0.25, -0.2) is 8.78 Å². The van der Waals surface area contributed by atoms with Crippen LogP contribution in [0, 0.1) is 17.6 Å². The van der Waals surface area contributed by atoms with E-state index in [1.807, 2.05) is 0 Å². The Kier molecular flexibility index (Phi) is 4.85. The zero-order valence-electron chi connectivity index (χ0n) is 11.4. The van der Waals surface area contributed by atoms with E-state index in [0.29, 0.717) is 19.2 Å². The normalized spacial score (nSPS) is 19.2. The van der Waals surface area contributed by atoms with E-state index in [4.69, 9.17) is 5.73 Å². The number of primary amides is 1. The first-order valence-corrected chi connectivity index (χ1v) is 6.72. The molecule has 5 nitrogen and oxygen atoms in total. The van der Waals surface area contributed by atoms with Crippen molar-refractivity contribution in [2.45, 2.75) is 12.8 Å². The monoisotopic (exact) mass is 297 g/mol. The summed E-state index contributed by atoms with van der Waals surface area (Å²) in [5.41, 5.74) is 5.20. The Morgan fingerprint density at radius 2 is 2.14 bits per heavy atom. The van der Waals surface area contributed by atoms with E-state index in [9.17, 15) is 18.4 Å². The summed E-state index contributed by atoms with van der Waals surface area (Å²) < 4.78 is 26.2. The maximum absolute atomic E-state index is 13.4. The fourth-order valence-electron chi connectivity index (χ4n) is 2.42. The van der Waals surface area contributed by atoms with Gasteiger partial charge in [-0.15, -0.1) is 0 Å². The molecule has 3 N–H and O–H groups in total. The highest BCUT2D eigenvalue weighted by atomic mass is 19.1. The van der Waals surface area contributed by atoms with Crippen molar-refractivity contribution in [1.82, 2.24) is 4.90 Å². The molecule has 114 valence electrons. The van der Waals surface area contributed by atoms with Crippen molar-refractivity contribution in [1.29, 1.82) is 0 Å². The number of carbonyl (C=O) groups is 2. The lowest BCUT2D eigenvalue weighted by molar-refractivity contribution is -0.125. The molecule has 1 aromatic rings. The van der Waals surface area contributed by atoms with Gasteiger partial charge in [0.05, 0.1) is 18.2 Å². The van der Waals surface area contributed by atoms with Gasteiger partial charge in [0.15, 0.2) is 0 Å². The molecule has 1 fully saturated rings. The number of likely N-dealkylation sites (tertiary alicyclic amines) is 1. The lowest BCUT2D eigenvalue weighted by Crippen LogP contribution is -2.44. The highest BCUT2D eigenvalue weighted by Gasteiger charge is 2.25. The number of hydrogen-bond acceptors (Lipinski definition) is 3. The second-order valence-corrected chi connectivity index (χ2v) is 5.15. The number of nitrogens with one attached hydrogen (secondary N) is 1. The molecule has 0 radical (unpaired) electrons. The highest BCUT2D eigenvalue weighted by Crippen LogP contribution is 2.17. The summed E-state index contributed by atoms with van der Waals surface area (Å²) >= 11 is 0. The molecule has 0 bridgehead atoms. The van der Waals surface area contributed by atoms with E-state index < -0.39 is 17.5 Å². The van der Waals surface area contributed by atoms with Crippen LogP contribution in [0.4, 0.5) is 14.5 Å². The predicted molar refractivity (Wildman–Crippen MR) is 73.3 cm³/mol. The smallest absolute Gasteiger partial charge is 0.238 e. The van der Waals surface area contributed by atoms with Gasteiger partial charge in [-0.05, 0) is 31.5 Å². The number of rotatable bonds is 4. The van der Waals surface area contributed by atoms with Crippen molar-refractivity contribution < 1.29 is 18.4 Å². The molecule has 0 aromatic heterocycles. The molecule has 1 saturated heterocycles. The molecule has 2 rings (SSSR count). The van der Waals surface area contributed by atoms with Gasteiger partial charge in [0.2, 0.25) is 11.8 Å². The largest absolute Gasteiger partial charge is 0.369 e. The van der Waals surface area contributed by atoms with E-state index >= 15 is 0 Å². The minimum Gasteiger partial charge on any atom is -0.369 e. The van der Waals surface area contributed by atoms with E-state index in [1.54, 1.807) is 4.90 Å². The zero-order valence-corrected chi connectivity index (χ0v) is 11.4. The maximum atomic E-state index is 13.4. The minimum absolute atomic E-state index is 0.0423. The van der Waals surface area contributed by atoms with E-state index in [2.05, 4.69) is 5.32 Å². The van der Waals surface area contributed by atoms with Crippen molar-refractivity contribution in [3.63, 3.8) is 0 Å². The number of carbonyl (C=O) groups excluding carboxylic acids is 2. The zero-order chi connectivity index (χ0) is 15.4. The van der Waals surface area contributed by atoms with Crippen molar-refractivity contribution >= 4 is 17.5 Å². The second kappa shape index (κ2) is 6.62. The van der Waals surface area contributed by atoms with Gasteiger partial charge >= 0.3 is 0 Å². The maximum Gasteiger partial charge on any atom is 0.238 e. The van der Waals surface area contributed by atoms with Crippen LogP contribution in [0.25, 0.3) is 0 Å². The van der Waals surface area contributed by atoms with Gasteiger partial charge in [0.1, 0.15) is 11.6 Å². The summed E-state index contributed by atoms with van der Waals surface area (Å²) in [7, 11) is 0. The van der Waals surface area contributed by atoms with Crippen LogP contribution >= 0.6 is 0 Å². The number of halogens is 2. The van der Waals surface area contributed by atoms with Crippen molar-refractivity contribution in [2.75, 3.05) is 25.0 Å². The number of benzene rings is 1. The van der Waals surface area contributed by atoms with Crippen LogP contribution in [-0.4, -0.2) is 36.3 Å². The van der Waals surface area contributed by atoms with Crippen LogP contribution in [0.5, 0.6) is 0 Å². The number of hydrogen-bond donors (Lipinski definition) is 2. The summed E-state index contributed by atoms with van der Waals surface area (Å²) in [4.78, 5) is 24.8. The lowest BCUT2D eigenvalue weighted by Gasteiger charge is -2.30. The molecule has 1 aromatic carbocycles. The summed E-state index contributed by atoms with van der Waals surface area (Å²) in [6, 6.07) is 2.95. The number of nitrogens with two attached hydrogens (primary N) is 1. The first-order valence-electron chi connectivity index (χ1n) is 6.72. The first-order chi connectivity index (χ1) is 9.95. The van der Waals surface area contributed by atoms with Gasteiger partial charge < -0.3 is 11.1 Å². The minimum atomic E-state index is -0.822. The van der Waals surface area contributed by atoms with Crippen LogP contribution in [0.3, 0.4) is 0 Å². The van der Waals surface area contributed by atoms with Gasteiger partial charge in [-0.2, -0.15) is 0 Å². The standard InChI is InChI=1S/C14H17F2N3O2/c15-10-3-4-12(11(16)6-10)18-13(20)8-19-5-1-2-9(7-19)14(17)21/h3-4,6,9H,1-2,5,7-8H2,(H2,17,21)(H,18,20)/t9-/m0/s1. The average Bonchev–Trinajstić information content (AvgIpc) is 2.42. The quantitative estimate of drug-likeness (QED) is 0.874. The van der Waals surface area contributed by atoms with E-state index in [-0.39, 0.29) is 24.1 Å². The van der Waals surface area contributed by atoms with Gasteiger partial charge in [-0.1, -0.05) is 0 Å². The van der Waals surface area contributed by atoms with Crippen LogP contribution in [0.15, 0.2) is 18.2 Å². The Morgan fingerprint density at radius 1 is 1.38 bits per heavy atom. The van der Waals surface area contributed by atoms with Crippen molar-refractivity contribution in [3.05, 3.63) is 29.8 Å². The van der Waals surface area contributed by atoms with Crippen molar-refractivity contribution in [3.8, 4) is 0 Å². The third-order valence-corrected chi connectivity index (χ3v) is 3.48. The topological polar surface area (TPSA) is 75.4 Å². The molecule has 1 atom stereocenters. The molecule has 21 heavy (non-hydrogen) atoms. The summed E-state index contributed by atoms with van der Waals surface area (Å²) in [5.74, 6) is -2.56. The SMILES string of the molecule is NC(=O)[C@H]1CCCN(CC(=O)Nc2ccc(F)cc2F)C1. The van der Waals surface area contributed by atoms with Crippen molar-refractivity contribution in [2.24, 2.45) is 11.7 Å². The van der Waals surface area contributed by atoms with E-state index in [1.165, 1.54) is 6.07 Å². The fraction of sp³-hybridized carbons (Fsp3) is 0.429. The second-order valence-electron chi connectivity index (χ2n) is 5.15. The molecule has 7 heteroatoms. The Bertz CT molecular complexity index is 551. The molecule has 1 aliphatic heterocycles. The van der Waals surface area contributed by atoms with E-state index in [0.717, 1.165) is 18.9 Å². The van der Waals surface area contributed by atoms with Crippen LogP contribution in [0.1, 0.15) is 12.8 Å². The van der Waals surface area contributed by atoms with Gasteiger partial charge in [-0.3, -0.25) is 14.5 Å². The number of amides is 2. The highest BCUT2D eigenvalue weighted by molar-refractivity contribution is 5.92. The van der Waals surface area contributed by atoms with Crippen LogP contribution in [0.2, 0.25) is 0 Å². The van der Waals surface area contributed by atoms with Gasteiger partial charge in [0.25, 0.3) is 0 Å². The summed E-state index contributed by atoms with van der Waals surface area (Å²) in [6.45, 7) is 1.15.